The number of hydrogen-bond donors (Lipinski definition) is 2. The summed E-state index contributed by atoms with van der Waals surface area (Å²) < 4.78 is 90.9. The minimum absolute atomic E-state index is 0.0887. The Morgan fingerprint density at radius 1 is 0.792 bits per heavy atom. The molecule has 0 aliphatic carbocycles. The second-order valence-electron chi connectivity index (χ2n) is 4.51. The molecule has 2 aromatic rings. The molecule has 0 atom stereocenters. The summed E-state index contributed by atoms with van der Waals surface area (Å²) in [6, 6.07) is 5.54. The van der Waals surface area contributed by atoms with Gasteiger partial charge in [0, 0.05) is 5.69 Å². The standard InChI is InChI=1S/C13H11F3N2O4S2/c1-17-23(19,20)9-4-2-8(3-5-9)18-24(21,22)11-7-6-10(14)12(15)13(11)16/h2-7,17-18H,1H3. The molecule has 24 heavy (non-hydrogen) atoms. The molecule has 6 nitrogen and oxygen atoms in total. The quantitative estimate of drug-likeness (QED) is 0.774. The van der Waals surface area contributed by atoms with Crippen LogP contribution in [-0.2, 0) is 20.0 Å². The maximum absolute atomic E-state index is 13.6. The fourth-order valence-corrected chi connectivity index (χ4v) is 3.61. The van der Waals surface area contributed by atoms with Crippen molar-refractivity contribution in [2.45, 2.75) is 9.79 Å². The first-order chi connectivity index (χ1) is 11.1. The lowest BCUT2D eigenvalue weighted by Crippen LogP contribution is -2.19. The van der Waals surface area contributed by atoms with E-state index in [0.29, 0.717) is 12.1 Å². The number of anilines is 1. The predicted molar refractivity (Wildman–Crippen MR) is 79.8 cm³/mol. The van der Waals surface area contributed by atoms with Crippen LogP contribution in [0.1, 0.15) is 0 Å². The zero-order chi connectivity index (χ0) is 18.1. The molecule has 0 fully saturated rings. The topological polar surface area (TPSA) is 92.3 Å². The van der Waals surface area contributed by atoms with Gasteiger partial charge in [0.15, 0.2) is 17.5 Å². The highest BCUT2D eigenvalue weighted by Crippen LogP contribution is 2.23. The van der Waals surface area contributed by atoms with Gasteiger partial charge in [-0.2, -0.15) is 0 Å². The molecule has 0 radical (unpaired) electrons. The van der Waals surface area contributed by atoms with Gasteiger partial charge in [0.2, 0.25) is 10.0 Å². The van der Waals surface area contributed by atoms with Crippen LogP contribution in [0.5, 0.6) is 0 Å². The third-order valence-corrected chi connectivity index (χ3v) is 5.80. The van der Waals surface area contributed by atoms with Gasteiger partial charge in [0.1, 0.15) is 4.90 Å². The van der Waals surface area contributed by atoms with Crippen LogP contribution in [0.4, 0.5) is 18.9 Å². The van der Waals surface area contributed by atoms with Crippen LogP contribution >= 0.6 is 0 Å². The SMILES string of the molecule is CNS(=O)(=O)c1ccc(NS(=O)(=O)c2ccc(F)c(F)c2F)cc1. The fraction of sp³-hybridized carbons (Fsp3) is 0.0769. The summed E-state index contributed by atoms with van der Waals surface area (Å²) in [7, 11) is -7.03. The Balaban J connectivity index is 2.35. The van der Waals surface area contributed by atoms with Crippen molar-refractivity contribution >= 4 is 25.7 Å². The second-order valence-corrected chi connectivity index (χ2v) is 8.05. The van der Waals surface area contributed by atoms with Gasteiger partial charge in [-0.05, 0) is 43.4 Å². The van der Waals surface area contributed by atoms with E-state index in [1.807, 2.05) is 4.72 Å². The number of hydrogen-bond acceptors (Lipinski definition) is 4. The summed E-state index contributed by atoms with van der Waals surface area (Å²) in [4.78, 5) is -1.19. The van der Waals surface area contributed by atoms with Crippen LogP contribution in [0, 0.1) is 17.5 Å². The Bertz CT molecular complexity index is 975. The first kappa shape index (κ1) is 18.2. The first-order valence-electron chi connectivity index (χ1n) is 6.28. The van der Waals surface area contributed by atoms with Crippen molar-refractivity contribution in [3.63, 3.8) is 0 Å². The highest BCUT2D eigenvalue weighted by Gasteiger charge is 2.24. The lowest BCUT2D eigenvalue weighted by atomic mass is 10.3. The van der Waals surface area contributed by atoms with E-state index in [2.05, 4.69) is 4.72 Å². The average Bonchev–Trinajstić information content (AvgIpc) is 2.52. The molecule has 0 spiro atoms. The monoisotopic (exact) mass is 380 g/mol. The Morgan fingerprint density at radius 3 is 1.92 bits per heavy atom. The molecule has 0 aliphatic rings. The molecule has 0 saturated heterocycles. The van der Waals surface area contributed by atoms with Crippen molar-refractivity contribution in [2.24, 2.45) is 0 Å². The minimum Gasteiger partial charge on any atom is -0.280 e. The van der Waals surface area contributed by atoms with Crippen molar-refractivity contribution in [1.82, 2.24) is 4.72 Å². The molecule has 0 amide bonds. The molecule has 11 heteroatoms. The Morgan fingerprint density at radius 2 is 1.38 bits per heavy atom. The van der Waals surface area contributed by atoms with Gasteiger partial charge >= 0.3 is 0 Å². The lowest BCUT2D eigenvalue weighted by molar-refractivity contribution is 0.432. The van der Waals surface area contributed by atoms with E-state index in [9.17, 15) is 30.0 Å². The van der Waals surface area contributed by atoms with Gasteiger partial charge < -0.3 is 0 Å². The summed E-state index contributed by atoms with van der Waals surface area (Å²) in [5.74, 6) is -5.28. The van der Waals surface area contributed by atoms with E-state index < -0.39 is 42.4 Å². The van der Waals surface area contributed by atoms with E-state index in [4.69, 9.17) is 0 Å². The molecule has 130 valence electrons. The molecule has 0 unspecified atom stereocenters. The van der Waals surface area contributed by atoms with Gasteiger partial charge in [-0.15, -0.1) is 0 Å². The number of benzene rings is 2. The van der Waals surface area contributed by atoms with E-state index in [1.165, 1.54) is 7.05 Å². The van der Waals surface area contributed by atoms with Gasteiger partial charge in [0.05, 0.1) is 4.90 Å². The smallest absolute Gasteiger partial charge is 0.264 e. The van der Waals surface area contributed by atoms with Crippen LogP contribution in [0.15, 0.2) is 46.2 Å². The summed E-state index contributed by atoms with van der Waals surface area (Å²) >= 11 is 0. The van der Waals surface area contributed by atoms with Crippen molar-refractivity contribution in [1.29, 1.82) is 0 Å². The molecule has 0 aromatic heterocycles. The second kappa shape index (κ2) is 6.42. The molecule has 0 heterocycles. The maximum Gasteiger partial charge on any atom is 0.264 e. The number of halogens is 3. The third-order valence-electron chi connectivity index (χ3n) is 2.97. The Hall–Kier alpha value is -2.11. The summed E-state index contributed by atoms with van der Waals surface area (Å²) in [6.07, 6.45) is 0. The molecular formula is C13H11F3N2O4S2. The van der Waals surface area contributed by atoms with Crippen LogP contribution in [0.2, 0.25) is 0 Å². The molecule has 2 N–H and O–H groups in total. The van der Waals surface area contributed by atoms with Gasteiger partial charge in [-0.1, -0.05) is 0 Å². The van der Waals surface area contributed by atoms with Crippen molar-refractivity contribution in [3.8, 4) is 0 Å². The van der Waals surface area contributed by atoms with Gasteiger partial charge in [-0.25, -0.2) is 34.7 Å². The molecule has 0 bridgehead atoms. The first-order valence-corrected chi connectivity index (χ1v) is 9.25. The summed E-state index contributed by atoms with van der Waals surface area (Å²) in [6.45, 7) is 0. The van der Waals surface area contributed by atoms with Crippen LogP contribution < -0.4 is 9.44 Å². The van der Waals surface area contributed by atoms with E-state index in [1.54, 1.807) is 0 Å². The molecule has 2 rings (SSSR count). The van der Waals surface area contributed by atoms with E-state index >= 15 is 0 Å². The Labute approximate surface area is 136 Å². The minimum atomic E-state index is -4.53. The van der Waals surface area contributed by atoms with Gasteiger partial charge in [-0.3, -0.25) is 4.72 Å². The van der Waals surface area contributed by atoms with E-state index in [0.717, 1.165) is 24.3 Å². The number of sulfonamides is 2. The summed E-state index contributed by atoms with van der Waals surface area (Å²) in [5.41, 5.74) is -0.0887. The highest BCUT2D eigenvalue weighted by atomic mass is 32.2. The van der Waals surface area contributed by atoms with Crippen LogP contribution in [0.25, 0.3) is 0 Å². The molecule has 0 aliphatic heterocycles. The largest absolute Gasteiger partial charge is 0.280 e. The highest BCUT2D eigenvalue weighted by molar-refractivity contribution is 7.92. The van der Waals surface area contributed by atoms with E-state index in [-0.39, 0.29) is 10.6 Å². The van der Waals surface area contributed by atoms with Gasteiger partial charge in [0.25, 0.3) is 10.0 Å². The van der Waals surface area contributed by atoms with Crippen LogP contribution in [0.3, 0.4) is 0 Å². The zero-order valence-corrected chi connectivity index (χ0v) is 13.7. The Kier molecular flexibility index (Phi) is 4.87. The average molecular weight is 380 g/mol. The van der Waals surface area contributed by atoms with Crippen molar-refractivity contribution in [2.75, 3.05) is 11.8 Å². The third kappa shape index (κ3) is 3.52. The van der Waals surface area contributed by atoms with Crippen molar-refractivity contribution in [3.05, 3.63) is 53.8 Å². The number of rotatable bonds is 5. The normalized spacial score (nSPS) is 12.2. The lowest BCUT2D eigenvalue weighted by Gasteiger charge is -2.10. The fourth-order valence-electron chi connectivity index (χ4n) is 1.75. The van der Waals surface area contributed by atoms with Crippen molar-refractivity contribution < 1.29 is 30.0 Å². The molecule has 0 saturated carbocycles. The summed E-state index contributed by atoms with van der Waals surface area (Å²) in [5, 5.41) is 0. The molecule has 2 aromatic carbocycles. The predicted octanol–water partition coefficient (Wildman–Crippen LogP) is 1.81. The molecular weight excluding hydrogens is 369 g/mol. The van der Waals surface area contributed by atoms with Crippen LogP contribution in [-0.4, -0.2) is 23.9 Å². The zero-order valence-electron chi connectivity index (χ0n) is 12.0. The maximum atomic E-state index is 13.6. The number of nitrogens with one attached hydrogen (secondary N) is 2.